The molecule has 2 aromatic heterocycles. The normalized spacial score (nSPS) is 15.5. The Balaban J connectivity index is 1.74. The summed E-state index contributed by atoms with van der Waals surface area (Å²) in [5.41, 5.74) is 0.257. The van der Waals surface area contributed by atoms with Crippen LogP contribution in [-0.2, 0) is 10.0 Å². The van der Waals surface area contributed by atoms with E-state index in [-0.39, 0.29) is 27.5 Å². The van der Waals surface area contributed by atoms with E-state index in [2.05, 4.69) is 10.3 Å². The monoisotopic (exact) mass is 369 g/mol. The van der Waals surface area contributed by atoms with Crippen molar-refractivity contribution in [1.82, 2.24) is 9.29 Å². The number of nitrogens with zero attached hydrogens (tertiary/aromatic N) is 2. The van der Waals surface area contributed by atoms with Crippen molar-refractivity contribution in [1.29, 1.82) is 0 Å². The molecule has 1 fully saturated rings. The average Bonchev–Trinajstić information content (AvgIpc) is 3.28. The van der Waals surface area contributed by atoms with Gasteiger partial charge in [-0.3, -0.25) is 14.9 Å². The first-order chi connectivity index (χ1) is 11.4. The van der Waals surface area contributed by atoms with E-state index in [4.69, 9.17) is 4.42 Å². The van der Waals surface area contributed by atoms with Gasteiger partial charge in [0.15, 0.2) is 16.7 Å². The second-order valence-corrected chi connectivity index (χ2v) is 8.01. The second kappa shape index (κ2) is 6.46. The van der Waals surface area contributed by atoms with Crippen LogP contribution in [0.25, 0.3) is 0 Å². The number of thiazole rings is 1. The molecule has 0 aromatic carbocycles. The number of carbonyl (C=O) groups is 2. The molecule has 0 bridgehead atoms. The molecule has 128 valence electrons. The first-order valence-electron chi connectivity index (χ1n) is 7.26. The third kappa shape index (κ3) is 3.25. The Kier molecular flexibility index (Phi) is 4.52. The van der Waals surface area contributed by atoms with Crippen LogP contribution in [0.2, 0.25) is 0 Å². The topological polar surface area (TPSA) is 110 Å². The summed E-state index contributed by atoms with van der Waals surface area (Å²) in [6, 6.07) is 2.57. The van der Waals surface area contributed by atoms with Crippen LogP contribution in [0.4, 0.5) is 5.13 Å². The number of hydrogen-bond donors (Lipinski definition) is 1. The van der Waals surface area contributed by atoms with Crippen LogP contribution < -0.4 is 5.32 Å². The summed E-state index contributed by atoms with van der Waals surface area (Å²) in [4.78, 5) is 27.3. The minimum atomic E-state index is -3.70. The van der Waals surface area contributed by atoms with Crippen LogP contribution in [0.15, 0.2) is 27.0 Å². The highest BCUT2D eigenvalue weighted by atomic mass is 32.2. The fourth-order valence-corrected chi connectivity index (χ4v) is 4.46. The Morgan fingerprint density at radius 3 is 2.62 bits per heavy atom. The molecule has 3 heterocycles. The SMILES string of the molecule is CC(=O)c1csc(NC(=O)c2ccc(S(=O)(=O)N3CCCC3)o2)n1. The van der Waals surface area contributed by atoms with Crippen LogP contribution in [0, 0.1) is 0 Å². The zero-order valence-electron chi connectivity index (χ0n) is 12.8. The largest absolute Gasteiger partial charge is 0.438 e. The molecule has 0 unspecified atom stereocenters. The van der Waals surface area contributed by atoms with E-state index in [0.29, 0.717) is 13.1 Å². The Labute approximate surface area is 142 Å². The van der Waals surface area contributed by atoms with Crippen molar-refractivity contribution in [2.75, 3.05) is 18.4 Å². The Morgan fingerprint density at radius 2 is 2.00 bits per heavy atom. The molecule has 0 aliphatic carbocycles. The number of amides is 1. The fraction of sp³-hybridized carbons (Fsp3) is 0.357. The highest BCUT2D eigenvalue weighted by molar-refractivity contribution is 7.89. The van der Waals surface area contributed by atoms with Gasteiger partial charge in [0.05, 0.1) is 0 Å². The third-order valence-electron chi connectivity index (χ3n) is 3.55. The number of aromatic nitrogens is 1. The molecule has 24 heavy (non-hydrogen) atoms. The maximum Gasteiger partial charge on any atom is 0.293 e. The van der Waals surface area contributed by atoms with Crippen molar-refractivity contribution < 1.29 is 22.4 Å². The summed E-state index contributed by atoms with van der Waals surface area (Å²) in [5.74, 6) is -0.960. The molecule has 0 atom stereocenters. The average molecular weight is 369 g/mol. The van der Waals surface area contributed by atoms with Gasteiger partial charge in [-0.05, 0) is 25.0 Å². The fourth-order valence-electron chi connectivity index (χ4n) is 2.29. The van der Waals surface area contributed by atoms with Crippen molar-refractivity contribution in [3.63, 3.8) is 0 Å². The van der Waals surface area contributed by atoms with Crippen molar-refractivity contribution >= 4 is 38.2 Å². The van der Waals surface area contributed by atoms with E-state index >= 15 is 0 Å². The number of Topliss-reactive ketones (excluding diaryl/α,β-unsaturated/α-hetero) is 1. The Hall–Kier alpha value is -2.04. The van der Waals surface area contributed by atoms with Gasteiger partial charge in [-0.25, -0.2) is 13.4 Å². The summed E-state index contributed by atoms with van der Waals surface area (Å²) < 4.78 is 31.3. The Morgan fingerprint density at radius 1 is 1.29 bits per heavy atom. The van der Waals surface area contributed by atoms with Gasteiger partial charge in [-0.2, -0.15) is 4.31 Å². The minimum absolute atomic E-state index is 0.132. The van der Waals surface area contributed by atoms with Crippen LogP contribution >= 0.6 is 11.3 Å². The summed E-state index contributed by atoms with van der Waals surface area (Å²) in [6.07, 6.45) is 1.63. The summed E-state index contributed by atoms with van der Waals surface area (Å²) in [7, 11) is -3.70. The molecule has 1 N–H and O–H groups in total. The van der Waals surface area contributed by atoms with E-state index in [1.165, 1.54) is 28.7 Å². The molecule has 0 spiro atoms. The van der Waals surface area contributed by atoms with Gasteiger partial charge < -0.3 is 4.42 Å². The summed E-state index contributed by atoms with van der Waals surface area (Å²) in [5, 5.41) is 4.00. The Bertz CT molecular complexity index is 878. The van der Waals surface area contributed by atoms with E-state index in [0.717, 1.165) is 24.2 Å². The zero-order valence-corrected chi connectivity index (χ0v) is 14.4. The molecular formula is C14H15N3O5S2. The van der Waals surface area contributed by atoms with Gasteiger partial charge in [0, 0.05) is 25.4 Å². The van der Waals surface area contributed by atoms with E-state index < -0.39 is 15.9 Å². The van der Waals surface area contributed by atoms with Crippen molar-refractivity contribution in [3.05, 3.63) is 29.0 Å². The molecule has 1 amide bonds. The molecular weight excluding hydrogens is 354 g/mol. The maximum absolute atomic E-state index is 12.4. The van der Waals surface area contributed by atoms with E-state index in [1.54, 1.807) is 0 Å². The van der Waals surface area contributed by atoms with Crippen LogP contribution in [0.5, 0.6) is 0 Å². The molecule has 1 aliphatic rings. The first-order valence-corrected chi connectivity index (χ1v) is 9.58. The highest BCUT2D eigenvalue weighted by Gasteiger charge is 2.30. The second-order valence-electron chi connectivity index (χ2n) is 5.28. The number of carbonyl (C=O) groups excluding carboxylic acids is 2. The van der Waals surface area contributed by atoms with E-state index in [9.17, 15) is 18.0 Å². The lowest BCUT2D eigenvalue weighted by Crippen LogP contribution is -2.27. The van der Waals surface area contributed by atoms with Gasteiger partial charge >= 0.3 is 0 Å². The van der Waals surface area contributed by atoms with Crippen molar-refractivity contribution in [2.24, 2.45) is 0 Å². The van der Waals surface area contributed by atoms with Gasteiger partial charge in [0.1, 0.15) is 5.69 Å². The number of rotatable bonds is 5. The van der Waals surface area contributed by atoms with Crippen LogP contribution in [0.3, 0.4) is 0 Å². The smallest absolute Gasteiger partial charge is 0.293 e. The molecule has 10 heteroatoms. The van der Waals surface area contributed by atoms with Crippen molar-refractivity contribution in [3.8, 4) is 0 Å². The van der Waals surface area contributed by atoms with E-state index in [1.807, 2.05) is 0 Å². The third-order valence-corrected chi connectivity index (χ3v) is 6.08. The molecule has 8 nitrogen and oxygen atoms in total. The lowest BCUT2D eigenvalue weighted by molar-refractivity contribution is 0.0986. The van der Waals surface area contributed by atoms with Gasteiger partial charge in [0.2, 0.25) is 5.09 Å². The molecule has 2 aromatic rings. The number of ketones is 1. The van der Waals surface area contributed by atoms with Crippen LogP contribution in [0.1, 0.15) is 40.8 Å². The molecule has 3 rings (SSSR count). The first kappa shape index (κ1) is 16.8. The quantitative estimate of drug-likeness (QED) is 0.807. The van der Waals surface area contributed by atoms with Gasteiger partial charge in [-0.15, -0.1) is 11.3 Å². The lowest BCUT2D eigenvalue weighted by atomic mass is 10.4. The standard InChI is InChI=1S/C14H15N3O5S2/c1-9(18)10-8-23-14(15-10)16-13(19)11-4-5-12(22-11)24(20,21)17-6-2-3-7-17/h4-5,8H,2-3,6-7H2,1H3,(H,15,16,19). The number of hydrogen-bond acceptors (Lipinski definition) is 7. The molecule has 0 radical (unpaired) electrons. The summed E-state index contributed by atoms with van der Waals surface area (Å²) >= 11 is 1.10. The predicted molar refractivity (Wildman–Crippen MR) is 86.8 cm³/mol. The zero-order chi connectivity index (χ0) is 17.3. The minimum Gasteiger partial charge on any atom is -0.438 e. The molecule has 1 saturated heterocycles. The van der Waals surface area contributed by atoms with Gasteiger partial charge in [0.25, 0.3) is 15.9 Å². The lowest BCUT2D eigenvalue weighted by Gasteiger charge is -2.12. The number of furan rings is 1. The predicted octanol–water partition coefficient (Wildman–Crippen LogP) is 1.98. The van der Waals surface area contributed by atoms with Gasteiger partial charge in [-0.1, -0.05) is 0 Å². The van der Waals surface area contributed by atoms with Crippen molar-refractivity contribution in [2.45, 2.75) is 24.9 Å². The maximum atomic E-state index is 12.4. The van der Waals surface area contributed by atoms with Crippen LogP contribution in [-0.4, -0.2) is 42.5 Å². The molecule has 0 saturated carbocycles. The molecule has 1 aliphatic heterocycles. The number of sulfonamides is 1. The number of anilines is 1. The number of nitrogens with one attached hydrogen (secondary N) is 1. The highest BCUT2D eigenvalue weighted by Crippen LogP contribution is 2.23. The summed E-state index contributed by atoms with van der Waals surface area (Å²) in [6.45, 7) is 2.29.